The van der Waals surface area contributed by atoms with E-state index in [9.17, 15) is 0 Å². The van der Waals surface area contributed by atoms with E-state index >= 15 is 0 Å². The molecule has 0 aliphatic carbocycles. The minimum atomic E-state index is 0.831. The summed E-state index contributed by atoms with van der Waals surface area (Å²) in [6, 6.07) is 6.12. The van der Waals surface area contributed by atoms with Crippen molar-refractivity contribution in [3.05, 3.63) is 52.9 Å². The van der Waals surface area contributed by atoms with Gasteiger partial charge in [-0.2, -0.15) is 0 Å². The van der Waals surface area contributed by atoms with E-state index in [-0.39, 0.29) is 0 Å². The molecule has 0 bridgehead atoms. The van der Waals surface area contributed by atoms with Crippen molar-refractivity contribution >= 4 is 27.1 Å². The average molecular weight is 243 g/mol. The summed E-state index contributed by atoms with van der Waals surface area (Å²) >= 11 is 1.84. The van der Waals surface area contributed by atoms with E-state index in [1.54, 1.807) is 0 Å². The molecule has 2 heteroatoms. The fourth-order valence-electron chi connectivity index (χ4n) is 1.96. The first kappa shape index (κ1) is 11.9. The third-order valence-corrected chi connectivity index (χ3v) is 4.12. The van der Waals surface area contributed by atoms with Crippen LogP contribution in [0.4, 0.5) is 5.69 Å². The predicted molar refractivity (Wildman–Crippen MR) is 78.6 cm³/mol. The summed E-state index contributed by atoms with van der Waals surface area (Å²) in [6.45, 7) is 8.24. The molecule has 2 rings (SSSR count). The van der Waals surface area contributed by atoms with Crippen LogP contribution in [0.25, 0.3) is 10.1 Å². The first-order chi connectivity index (χ1) is 8.11. The predicted octanol–water partition coefficient (Wildman–Crippen LogP) is 4.47. The zero-order chi connectivity index (χ0) is 12.4. The van der Waals surface area contributed by atoms with Crippen LogP contribution in [-0.2, 0) is 6.42 Å². The second-order valence-corrected chi connectivity index (χ2v) is 5.38. The van der Waals surface area contributed by atoms with Crippen LogP contribution in [0.2, 0.25) is 0 Å². The molecule has 2 N–H and O–H groups in total. The number of allylic oxidation sites excluding steroid dienone is 3. The summed E-state index contributed by atoms with van der Waals surface area (Å²) < 4.78 is 1.31. The van der Waals surface area contributed by atoms with Crippen molar-refractivity contribution < 1.29 is 0 Å². The number of hydrogen-bond donors (Lipinski definition) is 1. The number of anilines is 1. The standard InChI is InChI=1S/C15H17NS/c1-4-5-10(2)8-15-11(3)13-9-12(16)6-7-14(13)17-15/h4-7,9H,2,8,16H2,1,3H3. The molecule has 0 fully saturated rings. The van der Waals surface area contributed by atoms with Gasteiger partial charge < -0.3 is 5.73 Å². The Morgan fingerprint density at radius 2 is 2.24 bits per heavy atom. The molecule has 0 saturated heterocycles. The van der Waals surface area contributed by atoms with Gasteiger partial charge in [-0.25, -0.2) is 0 Å². The van der Waals surface area contributed by atoms with E-state index in [4.69, 9.17) is 5.73 Å². The summed E-state index contributed by atoms with van der Waals surface area (Å²) in [7, 11) is 0. The fraction of sp³-hybridized carbons (Fsp3) is 0.200. The fourth-order valence-corrected chi connectivity index (χ4v) is 3.20. The SMILES string of the molecule is C=C(C=CC)Cc1sc2ccc(N)cc2c1C. The highest BCUT2D eigenvalue weighted by Gasteiger charge is 2.08. The minimum absolute atomic E-state index is 0.831. The Kier molecular flexibility index (Phi) is 3.34. The van der Waals surface area contributed by atoms with Crippen LogP contribution in [0.5, 0.6) is 0 Å². The van der Waals surface area contributed by atoms with E-state index in [0.29, 0.717) is 0 Å². The zero-order valence-electron chi connectivity index (χ0n) is 10.3. The van der Waals surface area contributed by atoms with E-state index in [1.165, 1.54) is 20.5 Å². The Morgan fingerprint density at radius 3 is 2.94 bits per heavy atom. The topological polar surface area (TPSA) is 26.0 Å². The van der Waals surface area contributed by atoms with Gasteiger partial charge in [0.05, 0.1) is 0 Å². The Labute approximate surface area is 106 Å². The van der Waals surface area contributed by atoms with Crippen molar-refractivity contribution in [1.29, 1.82) is 0 Å². The Morgan fingerprint density at radius 1 is 1.47 bits per heavy atom. The molecule has 0 spiro atoms. The van der Waals surface area contributed by atoms with Crippen molar-refractivity contribution in [1.82, 2.24) is 0 Å². The summed E-state index contributed by atoms with van der Waals surface area (Å²) in [5.41, 5.74) is 9.14. The molecular weight excluding hydrogens is 226 g/mol. The number of thiophene rings is 1. The van der Waals surface area contributed by atoms with E-state index in [2.05, 4.69) is 31.7 Å². The highest BCUT2D eigenvalue weighted by atomic mass is 32.1. The van der Waals surface area contributed by atoms with Crippen molar-refractivity contribution in [3.8, 4) is 0 Å². The summed E-state index contributed by atoms with van der Waals surface area (Å²) in [4.78, 5) is 1.38. The zero-order valence-corrected chi connectivity index (χ0v) is 11.1. The van der Waals surface area contributed by atoms with Crippen LogP contribution in [0.1, 0.15) is 17.4 Å². The van der Waals surface area contributed by atoms with Gasteiger partial charge >= 0.3 is 0 Å². The van der Waals surface area contributed by atoms with Crippen molar-refractivity contribution in [2.75, 3.05) is 5.73 Å². The molecule has 0 aliphatic rings. The molecule has 1 aromatic heterocycles. The van der Waals surface area contributed by atoms with E-state index in [0.717, 1.165) is 17.7 Å². The molecular formula is C15H17NS. The van der Waals surface area contributed by atoms with Crippen LogP contribution in [-0.4, -0.2) is 0 Å². The molecule has 0 aliphatic heterocycles. The lowest BCUT2D eigenvalue weighted by Gasteiger charge is -1.99. The summed E-state index contributed by atoms with van der Waals surface area (Å²) in [5, 5.41) is 1.28. The van der Waals surface area contributed by atoms with Gasteiger partial charge in [0.15, 0.2) is 0 Å². The van der Waals surface area contributed by atoms with Crippen LogP contribution >= 0.6 is 11.3 Å². The highest BCUT2D eigenvalue weighted by Crippen LogP contribution is 2.33. The van der Waals surface area contributed by atoms with Gasteiger partial charge in [-0.1, -0.05) is 24.3 Å². The molecule has 0 amide bonds. The number of nitrogen functional groups attached to an aromatic ring is 1. The van der Waals surface area contributed by atoms with Gasteiger partial charge in [0, 0.05) is 21.7 Å². The maximum Gasteiger partial charge on any atom is 0.0350 e. The monoisotopic (exact) mass is 243 g/mol. The normalized spacial score (nSPS) is 11.4. The van der Waals surface area contributed by atoms with Crippen LogP contribution in [0.15, 0.2) is 42.5 Å². The first-order valence-corrected chi connectivity index (χ1v) is 6.51. The van der Waals surface area contributed by atoms with Gasteiger partial charge in [0.2, 0.25) is 0 Å². The lowest BCUT2D eigenvalue weighted by Crippen LogP contribution is -1.85. The lowest BCUT2D eigenvalue weighted by atomic mass is 10.1. The van der Waals surface area contributed by atoms with Crippen molar-refractivity contribution in [2.24, 2.45) is 0 Å². The molecule has 88 valence electrons. The van der Waals surface area contributed by atoms with Gasteiger partial charge in [0.1, 0.15) is 0 Å². The Hall–Kier alpha value is -1.54. The van der Waals surface area contributed by atoms with Crippen LogP contribution in [0.3, 0.4) is 0 Å². The third kappa shape index (κ3) is 2.42. The molecule has 1 aromatic carbocycles. The van der Waals surface area contributed by atoms with Gasteiger partial charge in [-0.05, 0) is 43.0 Å². The summed E-state index contributed by atoms with van der Waals surface area (Å²) in [5.74, 6) is 0. The first-order valence-electron chi connectivity index (χ1n) is 5.69. The maximum absolute atomic E-state index is 5.83. The second-order valence-electron chi connectivity index (χ2n) is 4.24. The van der Waals surface area contributed by atoms with E-state index < -0.39 is 0 Å². The smallest absolute Gasteiger partial charge is 0.0350 e. The highest BCUT2D eigenvalue weighted by molar-refractivity contribution is 7.19. The van der Waals surface area contributed by atoms with E-state index in [1.807, 2.05) is 30.4 Å². The molecule has 1 heterocycles. The summed E-state index contributed by atoms with van der Waals surface area (Å²) in [6.07, 6.45) is 5.02. The average Bonchev–Trinajstić information content (AvgIpc) is 2.57. The second kappa shape index (κ2) is 4.76. The molecule has 0 radical (unpaired) electrons. The van der Waals surface area contributed by atoms with Gasteiger partial charge in [-0.15, -0.1) is 11.3 Å². The van der Waals surface area contributed by atoms with Gasteiger partial charge in [-0.3, -0.25) is 0 Å². The Balaban J connectivity index is 2.42. The minimum Gasteiger partial charge on any atom is -0.399 e. The number of rotatable bonds is 3. The van der Waals surface area contributed by atoms with Gasteiger partial charge in [0.25, 0.3) is 0 Å². The molecule has 0 unspecified atom stereocenters. The largest absolute Gasteiger partial charge is 0.399 e. The lowest BCUT2D eigenvalue weighted by molar-refractivity contribution is 1.23. The number of hydrogen-bond acceptors (Lipinski definition) is 2. The van der Waals surface area contributed by atoms with Crippen LogP contribution < -0.4 is 5.73 Å². The number of aryl methyl sites for hydroxylation is 1. The van der Waals surface area contributed by atoms with Crippen molar-refractivity contribution in [2.45, 2.75) is 20.3 Å². The quantitative estimate of drug-likeness (QED) is 0.625. The van der Waals surface area contributed by atoms with Crippen molar-refractivity contribution in [3.63, 3.8) is 0 Å². The molecule has 2 aromatic rings. The number of nitrogens with two attached hydrogens (primary N) is 1. The molecule has 17 heavy (non-hydrogen) atoms. The molecule has 0 saturated carbocycles. The maximum atomic E-state index is 5.83. The number of fused-ring (bicyclic) bond motifs is 1. The number of benzene rings is 1. The molecule has 1 nitrogen and oxygen atoms in total. The molecule has 0 atom stereocenters. The Bertz CT molecular complexity index is 590. The third-order valence-electron chi connectivity index (χ3n) is 2.85. The van der Waals surface area contributed by atoms with Crippen LogP contribution in [0, 0.1) is 6.92 Å².